The monoisotopic (exact) mass is 318 g/mol. The number of aliphatic imine (C=N–C) groups is 1. The van der Waals surface area contributed by atoms with Crippen molar-refractivity contribution in [3.8, 4) is 5.75 Å². The van der Waals surface area contributed by atoms with Crippen LogP contribution < -0.4 is 4.74 Å². The fourth-order valence-electron chi connectivity index (χ4n) is 2.72. The Morgan fingerprint density at radius 3 is 2.42 bits per heavy atom. The molecule has 0 radical (unpaired) electrons. The smallest absolute Gasteiger partial charge is 0.118 e. The van der Waals surface area contributed by atoms with Crippen LogP contribution in [0.25, 0.3) is 12.2 Å². The summed E-state index contributed by atoms with van der Waals surface area (Å²) < 4.78 is 5.18. The molecule has 0 fully saturated rings. The molecule has 122 valence electrons. The second-order valence-electron chi connectivity index (χ2n) is 6.05. The first-order valence-corrected chi connectivity index (χ1v) is 8.02. The molecule has 3 heteroatoms. The molecular weight excluding hydrogens is 296 g/mol. The number of H-pyrrole nitrogens is 1. The molecular formula is C21H22N2O. The Morgan fingerprint density at radius 1 is 1.04 bits per heavy atom. The molecule has 0 saturated carbocycles. The maximum absolute atomic E-state index is 5.18. The number of benzene rings is 1. The predicted octanol–water partition coefficient (Wildman–Crippen LogP) is 5.10. The Bertz CT molecular complexity index is 862. The number of nitrogens with one attached hydrogen (secondary N) is 1. The number of allylic oxidation sites excluding steroid dienone is 3. The number of hydrogen-bond donors (Lipinski definition) is 1. The van der Waals surface area contributed by atoms with Crippen LogP contribution in [0.2, 0.25) is 0 Å². The van der Waals surface area contributed by atoms with Crippen molar-refractivity contribution >= 4 is 17.9 Å². The average molecular weight is 318 g/mol. The molecule has 2 aromatic rings. The van der Waals surface area contributed by atoms with Gasteiger partial charge in [0.2, 0.25) is 0 Å². The van der Waals surface area contributed by atoms with Crippen molar-refractivity contribution < 1.29 is 4.74 Å². The molecule has 0 saturated heterocycles. The van der Waals surface area contributed by atoms with Gasteiger partial charge in [0.05, 0.1) is 18.5 Å². The quantitative estimate of drug-likeness (QED) is 0.837. The first-order valence-electron chi connectivity index (χ1n) is 8.02. The molecule has 1 aliphatic heterocycles. The first-order chi connectivity index (χ1) is 11.5. The van der Waals surface area contributed by atoms with Gasteiger partial charge in [0, 0.05) is 11.4 Å². The molecule has 0 bridgehead atoms. The second-order valence-corrected chi connectivity index (χ2v) is 6.05. The highest BCUT2D eigenvalue weighted by atomic mass is 16.5. The summed E-state index contributed by atoms with van der Waals surface area (Å²) in [5, 5.41) is 0. The molecule has 2 heterocycles. The van der Waals surface area contributed by atoms with E-state index in [0.29, 0.717) is 0 Å². The first kappa shape index (κ1) is 16.1. The van der Waals surface area contributed by atoms with Crippen LogP contribution in [0.15, 0.2) is 58.7 Å². The Balaban J connectivity index is 1.79. The SMILES string of the molecule is COc1ccc(/C=C/C2=NC(=C\c3[nH]c(C)cc3C)/C(C)=C2)cc1. The number of hydrogen-bond acceptors (Lipinski definition) is 2. The minimum absolute atomic E-state index is 0.864. The third kappa shape index (κ3) is 3.57. The van der Waals surface area contributed by atoms with E-state index in [1.165, 1.54) is 16.8 Å². The maximum atomic E-state index is 5.18. The third-order valence-electron chi connectivity index (χ3n) is 4.05. The van der Waals surface area contributed by atoms with Gasteiger partial charge in [-0.15, -0.1) is 0 Å². The normalized spacial score (nSPS) is 15.9. The summed E-state index contributed by atoms with van der Waals surface area (Å²) in [7, 11) is 1.67. The van der Waals surface area contributed by atoms with Crippen molar-refractivity contribution in [1.82, 2.24) is 4.98 Å². The highest BCUT2D eigenvalue weighted by Gasteiger charge is 2.10. The molecule has 1 N–H and O–H groups in total. The zero-order valence-electron chi connectivity index (χ0n) is 14.6. The molecule has 24 heavy (non-hydrogen) atoms. The van der Waals surface area contributed by atoms with Crippen molar-refractivity contribution in [2.45, 2.75) is 20.8 Å². The lowest BCUT2D eigenvalue weighted by Crippen LogP contribution is -1.84. The number of methoxy groups -OCH3 is 1. The van der Waals surface area contributed by atoms with Crippen LogP contribution >= 0.6 is 0 Å². The fraction of sp³-hybridized carbons (Fsp3) is 0.190. The minimum atomic E-state index is 0.864. The summed E-state index contributed by atoms with van der Waals surface area (Å²) in [6.45, 7) is 6.27. The number of aromatic nitrogens is 1. The van der Waals surface area contributed by atoms with E-state index in [0.717, 1.165) is 28.4 Å². The standard InChI is InChI=1S/C21H22N2O/c1-14-11-16(3)22-20(14)13-21-15(2)12-18(23-21)8-5-17-6-9-19(24-4)10-7-17/h5-13,22H,1-4H3/b8-5+,21-13-. The van der Waals surface area contributed by atoms with E-state index < -0.39 is 0 Å². The molecule has 1 aliphatic rings. The minimum Gasteiger partial charge on any atom is -0.497 e. The number of ether oxygens (including phenoxy) is 1. The van der Waals surface area contributed by atoms with Gasteiger partial charge in [0.1, 0.15) is 5.75 Å². The average Bonchev–Trinajstić information content (AvgIpc) is 3.08. The van der Waals surface area contributed by atoms with E-state index in [9.17, 15) is 0 Å². The summed E-state index contributed by atoms with van der Waals surface area (Å²) in [5.41, 5.74) is 7.81. The largest absolute Gasteiger partial charge is 0.497 e. The van der Waals surface area contributed by atoms with Gasteiger partial charge < -0.3 is 9.72 Å². The molecule has 3 rings (SSSR count). The van der Waals surface area contributed by atoms with E-state index in [4.69, 9.17) is 9.73 Å². The molecule has 0 aliphatic carbocycles. The Kier molecular flexibility index (Phi) is 4.52. The lowest BCUT2D eigenvalue weighted by Gasteiger charge is -1.98. The van der Waals surface area contributed by atoms with Crippen molar-refractivity contribution in [1.29, 1.82) is 0 Å². The molecule has 0 amide bonds. The van der Waals surface area contributed by atoms with Gasteiger partial charge in [-0.25, -0.2) is 4.99 Å². The van der Waals surface area contributed by atoms with Gasteiger partial charge in [0.25, 0.3) is 0 Å². The number of rotatable bonds is 4. The van der Waals surface area contributed by atoms with Crippen molar-refractivity contribution in [3.63, 3.8) is 0 Å². The van der Waals surface area contributed by atoms with E-state index >= 15 is 0 Å². The lowest BCUT2D eigenvalue weighted by molar-refractivity contribution is 0.415. The zero-order chi connectivity index (χ0) is 17.1. The molecule has 1 aromatic carbocycles. The summed E-state index contributed by atoms with van der Waals surface area (Å²) in [5.74, 6) is 0.864. The Labute approximate surface area is 143 Å². The zero-order valence-corrected chi connectivity index (χ0v) is 14.6. The van der Waals surface area contributed by atoms with Gasteiger partial charge in [-0.1, -0.05) is 18.2 Å². The summed E-state index contributed by atoms with van der Waals surface area (Å²) >= 11 is 0. The summed E-state index contributed by atoms with van der Waals surface area (Å²) in [4.78, 5) is 8.09. The van der Waals surface area contributed by atoms with Gasteiger partial charge in [0.15, 0.2) is 0 Å². The predicted molar refractivity (Wildman–Crippen MR) is 101 cm³/mol. The number of aromatic amines is 1. The molecule has 0 unspecified atom stereocenters. The van der Waals surface area contributed by atoms with Crippen LogP contribution in [0.1, 0.15) is 29.4 Å². The van der Waals surface area contributed by atoms with E-state index in [1.54, 1.807) is 7.11 Å². The van der Waals surface area contributed by atoms with Crippen LogP contribution in [0.5, 0.6) is 5.75 Å². The van der Waals surface area contributed by atoms with Crippen LogP contribution in [0.4, 0.5) is 0 Å². The van der Waals surface area contributed by atoms with Gasteiger partial charge in [-0.05, 0) is 73.9 Å². The Hall–Kier alpha value is -2.81. The van der Waals surface area contributed by atoms with Crippen molar-refractivity contribution in [3.05, 3.63) is 76.3 Å². The van der Waals surface area contributed by atoms with Crippen LogP contribution in [-0.2, 0) is 0 Å². The van der Waals surface area contributed by atoms with Gasteiger partial charge >= 0.3 is 0 Å². The van der Waals surface area contributed by atoms with E-state index in [-0.39, 0.29) is 0 Å². The van der Waals surface area contributed by atoms with Crippen molar-refractivity contribution in [2.75, 3.05) is 7.11 Å². The summed E-state index contributed by atoms with van der Waals surface area (Å²) in [6, 6.07) is 10.1. The van der Waals surface area contributed by atoms with Crippen LogP contribution in [0, 0.1) is 13.8 Å². The fourth-order valence-corrected chi connectivity index (χ4v) is 2.72. The molecule has 0 spiro atoms. The van der Waals surface area contributed by atoms with Gasteiger partial charge in [-0.3, -0.25) is 0 Å². The highest BCUT2D eigenvalue weighted by Crippen LogP contribution is 2.23. The number of nitrogens with zero attached hydrogens (tertiary/aromatic N) is 1. The highest BCUT2D eigenvalue weighted by molar-refractivity contribution is 6.10. The molecule has 1 aromatic heterocycles. The third-order valence-corrected chi connectivity index (χ3v) is 4.05. The van der Waals surface area contributed by atoms with Gasteiger partial charge in [-0.2, -0.15) is 0 Å². The topological polar surface area (TPSA) is 37.4 Å². The lowest BCUT2D eigenvalue weighted by atomic mass is 10.1. The van der Waals surface area contributed by atoms with Crippen molar-refractivity contribution in [2.24, 2.45) is 4.99 Å². The maximum Gasteiger partial charge on any atom is 0.118 e. The number of aryl methyl sites for hydroxylation is 2. The van der Waals surface area contributed by atoms with E-state index in [2.05, 4.69) is 50.0 Å². The molecule has 3 nitrogen and oxygen atoms in total. The summed E-state index contributed by atoms with van der Waals surface area (Å²) in [6.07, 6.45) is 8.33. The van der Waals surface area contributed by atoms with Crippen LogP contribution in [-0.4, -0.2) is 17.8 Å². The molecule has 0 atom stereocenters. The van der Waals surface area contributed by atoms with Crippen LogP contribution in [0.3, 0.4) is 0 Å². The Morgan fingerprint density at radius 2 is 1.79 bits per heavy atom. The van der Waals surface area contributed by atoms with E-state index in [1.807, 2.05) is 30.3 Å². The second kappa shape index (κ2) is 6.75.